The second-order valence-electron chi connectivity index (χ2n) is 5.38. The molecule has 1 amide bonds. The van der Waals surface area contributed by atoms with Crippen LogP contribution in [0.2, 0.25) is 5.02 Å². The van der Waals surface area contributed by atoms with E-state index in [1.165, 1.54) is 4.90 Å². The largest absolute Gasteiger partial charge is 0.482 e. The van der Waals surface area contributed by atoms with E-state index >= 15 is 0 Å². The van der Waals surface area contributed by atoms with E-state index in [-0.39, 0.29) is 30.1 Å². The quantitative estimate of drug-likeness (QED) is 0.765. The highest BCUT2D eigenvalue weighted by Crippen LogP contribution is 2.32. The minimum atomic E-state index is -3.02. The first kappa shape index (κ1) is 17.6. The van der Waals surface area contributed by atoms with Gasteiger partial charge in [0, 0.05) is 17.6 Å². The summed E-state index contributed by atoms with van der Waals surface area (Å²) in [4.78, 5) is 13.6. The third kappa shape index (κ3) is 4.14. The Morgan fingerprint density at radius 3 is 2.73 bits per heavy atom. The van der Waals surface area contributed by atoms with Gasteiger partial charge in [0.15, 0.2) is 16.4 Å². The van der Waals surface area contributed by atoms with Crippen LogP contribution in [-0.2, 0) is 14.6 Å². The SMILES string of the molecule is Cc1cc(Br)cc(Cl)c1OCC(=O)N(C)[C@H]1CCS(=O)(=O)C1. The molecule has 0 unspecified atom stereocenters. The van der Waals surface area contributed by atoms with E-state index in [9.17, 15) is 13.2 Å². The summed E-state index contributed by atoms with van der Waals surface area (Å²) in [5.41, 5.74) is 0.818. The van der Waals surface area contributed by atoms with Crippen LogP contribution in [-0.4, -0.2) is 50.4 Å². The van der Waals surface area contributed by atoms with Gasteiger partial charge in [0.1, 0.15) is 5.75 Å². The van der Waals surface area contributed by atoms with Crippen molar-refractivity contribution in [3.8, 4) is 5.75 Å². The minimum Gasteiger partial charge on any atom is -0.482 e. The van der Waals surface area contributed by atoms with Gasteiger partial charge < -0.3 is 9.64 Å². The topological polar surface area (TPSA) is 63.7 Å². The van der Waals surface area contributed by atoms with Gasteiger partial charge in [-0.05, 0) is 31.0 Å². The lowest BCUT2D eigenvalue weighted by Gasteiger charge is -2.23. The number of benzene rings is 1. The van der Waals surface area contributed by atoms with Crippen molar-refractivity contribution in [2.45, 2.75) is 19.4 Å². The molecule has 1 aromatic carbocycles. The maximum Gasteiger partial charge on any atom is 0.260 e. The molecule has 0 saturated carbocycles. The van der Waals surface area contributed by atoms with Crippen molar-refractivity contribution in [3.05, 3.63) is 27.2 Å². The number of aryl methyl sites for hydroxylation is 1. The molecule has 1 fully saturated rings. The average molecular weight is 411 g/mol. The molecule has 1 aromatic rings. The Balaban J connectivity index is 1.99. The molecule has 8 heteroatoms. The summed E-state index contributed by atoms with van der Waals surface area (Å²) < 4.78 is 29.3. The Bertz CT molecular complexity index is 669. The van der Waals surface area contributed by atoms with E-state index in [4.69, 9.17) is 16.3 Å². The fourth-order valence-electron chi connectivity index (χ4n) is 2.39. The standard InChI is InChI=1S/C14H17BrClNO4S/c1-9-5-10(15)6-12(16)14(9)21-7-13(18)17(2)11-3-4-22(19,20)8-11/h5-6,11H,3-4,7-8H2,1-2H3/t11-/m0/s1. The maximum absolute atomic E-state index is 12.2. The molecule has 0 N–H and O–H groups in total. The first-order valence-corrected chi connectivity index (χ1v) is 9.73. The molecular formula is C14H17BrClNO4S. The fourth-order valence-corrected chi connectivity index (χ4v) is 5.19. The number of hydrogen-bond donors (Lipinski definition) is 0. The van der Waals surface area contributed by atoms with Gasteiger partial charge in [-0.1, -0.05) is 27.5 Å². The zero-order valence-electron chi connectivity index (χ0n) is 12.3. The van der Waals surface area contributed by atoms with E-state index in [0.717, 1.165) is 10.0 Å². The normalized spacial score (nSPS) is 19.9. The Kier molecular flexibility index (Phi) is 5.40. The van der Waals surface area contributed by atoms with Gasteiger partial charge >= 0.3 is 0 Å². The van der Waals surface area contributed by atoms with Crippen molar-refractivity contribution in [1.29, 1.82) is 0 Å². The lowest BCUT2D eigenvalue weighted by Crippen LogP contribution is -2.40. The molecule has 1 aliphatic rings. The predicted octanol–water partition coefficient (Wildman–Crippen LogP) is 2.44. The number of rotatable bonds is 4. The highest BCUT2D eigenvalue weighted by Gasteiger charge is 2.32. The number of halogens is 2. The number of carbonyl (C=O) groups is 1. The van der Waals surface area contributed by atoms with Crippen molar-refractivity contribution in [2.75, 3.05) is 25.2 Å². The number of carbonyl (C=O) groups excluding carboxylic acids is 1. The van der Waals surface area contributed by atoms with Crippen molar-refractivity contribution < 1.29 is 17.9 Å². The summed E-state index contributed by atoms with van der Waals surface area (Å²) in [6.45, 7) is 1.67. The first-order chi connectivity index (χ1) is 10.2. The highest BCUT2D eigenvalue weighted by molar-refractivity contribution is 9.10. The molecule has 1 heterocycles. The lowest BCUT2D eigenvalue weighted by atomic mass is 10.2. The molecular weight excluding hydrogens is 394 g/mol. The van der Waals surface area contributed by atoms with Crippen molar-refractivity contribution in [3.63, 3.8) is 0 Å². The van der Waals surface area contributed by atoms with Crippen molar-refractivity contribution in [2.24, 2.45) is 0 Å². The minimum absolute atomic E-state index is 0.0211. The molecule has 1 saturated heterocycles. The van der Waals surface area contributed by atoms with E-state index in [2.05, 4.69) is 15.9 Å². The van der Waals surface area contributed by atoms with Crippen LogP contribution in [0.25, 0.3) is 0 Å². The molecule has 1 atom stereocenters. The van der Waals surface area contributed by atoms with Gasteiger partial charge in [0.05, 0.1) is 16.5 Å². The molecule has 0 radical (unpaired) electrons. The molecule has 1 aliphatic heterocycles. The van der Waals surface area contributed by atoms with Crippen LogP contribution in [0.5, 0.6) is 5.75 Å². The van der Waals surface area contributed by atoms with E-state index in [1.54, 1.807) is 13.1 Å². The monoisotopic (exact) mass is 409 g/mol. The van der Waals surface area contributed by atoms with Crippen LogP contribution >= 0.6 is 27.5 Å². The summed E-state index contributed by atoms with van der Waals surface area (Å²) >= 11 is 9.44. The molecule has 0 spiro atoms. The number of nitrogens with zero attached hydrogens (tertiary/aromatic N) is 1. The third-order valence-corrected chi connectivity index (χ3v) is 6.17. The summed E-state index contributed by atoms with van der Waals surface area (Å²) in [5.74, 6) is 0.354. The molecule has 122 valence electrons. The van der Waals surface area contributed by atoms with Gasteiger partial charge in [-0.15, -0.1) is 0 Å². The second-order valence-corrected chi connectivity index (χ2v) is 8.94. The fraction of sp³-hybridized carbons (Fsp3) is 0.500. The number of sulfone groups is 1. The van der Waals surface area contributed by atoms with Crippen molar-refractivity contribution in [1.82, 2.24) is 4.90 Å². The van der Waals surface area contributed by atoms with Crippen LogP contribution in [0.4, 0.5) is 0 Å². The van der Waals surface area contributed by atoms with E-state index in [0.29, 0.717) is 17.2 Å². The molecule has 0 aromatic heterocycles. The van der Waals surface area contributed by atoms with Crippen LogP contribution in [0.3, 0.4) is 0 Å². The smallest absolute Gasteiger partial charge is 0.260 e. The molecule has 0 bridgehead atoms. The lowest BCUT2D eigenvalue weighted by molar-refractivity contribution is -0.133. The Labute approximate surface area is 143 Å². The van der Waals surface area contributed by atoms with Crippen LogP contribution < -0.4 is 4.74 Å². The molecule has 0 aliphatic carbocycles. The molecule has 2 rings (SSSR count). The molecule has 5 nitrogen and oxygen atoms in total. The van der Waals surface area contributed by atoms with Gasteiger partial charge in [-0.25, -0.2) is 8.42 Å². The number of ether oxygens (including phenoxy) is 1. The predicted molar refractivity (Wildman–Crippen MR) is 89.2 cm³/mol. The van der Waals surface area contributed by atoms with Crippen LogP contribution in [0, 0.1) is 6.92 Å². The van der Waals surface area contributed by atoms with Crippen LogP contribution in [0.1, 0.15) is 12.0 Å². The number of hydrogen-bond acceptors (Lipinski definition) is 4. The van der Waals surface area contributed by atoms with Gasteiger partial charge in [0.25, 0.3) is 5.91 Å². The van der Waals surface area contributed by atoms with Crippen molar-refractivity contribution >= 4 is 43.3 Å². The summed E-state index contributed by atoms with van der Waals surface area (Å²) in [7, 11) is -1.42. The summed E-state index contributed by atoms with van der Waals surface area (Å²) in [5, 5.41) is 0.422. The van der Waals surface area contributed by atoms with Gasteiger partial charge in [-0.2, -0.15) is 0 Å². The summed E-state index contributed by atoms with van der Waals surface area (Å²) in [6.07, 6.45) is 0.475. The second kappa shape index (κ2) is 6.76. The average Bonchev–Trinajstić information content (AvgIpc) is 2.76. The van der Waals surface area contributed by atoms with E-state index in [1.807, 2.05) is 13.0 Å². The third-order valence-electron chi connectivity index (χ3n) is 3.68. The Hall–Kier alpha value is -0.790. The molecule has 22 heavy (non-hydrogen) atoms. The Morgan fingerprint density at radius 1 is 1.50 bits per heavy atom. The highest BCUT2D eigenvalue weighted by atomic mass is 79.9. The zero-order valence-corrected chi connectivity index (χ0v) is 15.5. The van der Waals surface area contributed by atoms with Gasteiger partial charge in [-0.3, -0.25) is 4.79 Å². The van der Waals surface area contributed by atoms with Gasteiger partial charge in [0.2, 0.25) is 0 Å². The number of amides is 1. The van der Waals surface area contributed by atoms with E-state index < -0.39 is 9.84 Å². The zero-order chi connectivity index (χ0) is 16.5. The maximum atomic E-state index is 12.2. The Morgan fingerprint density at radius 2 is 2.18 bits per heavy atom. The first-order valence-electron chi connectivity index (χ1n) is 6.74. The number of likely N-dealkylation sites (N-methyl/N-ethyl adjacent to an activating group) is 1. The summed E-state index contributed by atoms with van der Waals surface area (Å²) in [6, 6.07) is 3.27. The van der Waals surface area contributed by atoms with Crippen LogP contribution in [0.15, 0.2) is 16.6 Å².